The van der Waals surface area contributed by atoms with E-state index in [0.717, 1.165) is 49.9 Å². The second-order valence-corrected chi connectivity index (χ2v) is 6.75. The van der Waals surface area contributed by atoms with Gasteiger partial charge in [0.15, 0.2) is 0 Å². The Morgan fingerprint density at radius 3 is 2.48 bits per heavy atom. The van der Waals surface area contributed by atoms with Crippen molar-refractivity contribution in [3.8, 4) is 0 Å². The number of nitrogens with zero attached hydrogens (tertiary/aromatic N) is 5. The van der Waals surface area contributed by atoms with Crippen molar-refractivity contribution in [1.29, 1.82) is 0 Å². The van der Waals surface area contributed by atoms with E-state index in [0.29, 0.717) is 26.3 Å². The summed E-state index contributed by atoms with van der Waals surface area (Å²) in [6.45, 7) is 12.3. The number of hydrogen-bond acceptors (Lipinski definition) is 6. The minimum absolute atomic E-state index is 0.0708. The summed E-state index contributed by atoms with van der Waals surface area (Å²) in [5.41, 5.74) is 1.08. The molecule has 0 bridgehead atoms. The topological polar surface area (TPSA) is 61.8 Å². The van der Waals surface area contributed by atoms with Gasteiger partial charge >= 0.3 is 0 Å². The Labute approximate surface area is 150 Å². The third kappa shape index (κ3) is 4.27. The first kappa shape index (κ1) is 18.1. The van der Waals surface area contributed by atoms with E-state index >= 15 is 0 Å². The lowest BCUT2D eigenvalue weighted by Gasteiger charge is -2.40. The van der Waals surface area contributed by atoms with Crippen molar-refractivity contribution in [3.05, 3.63) is 17.6 Å². The van der Waals surface area contributed by atoms with Crippen LogP contribution in [0.1, 0.15) is 25.4 Å². The third-order valence-electron chi connectivity index (χ3n) is 5.11. The largest absolute Gasteiger partial charge is 0.378 e. The SMILES string of the molecule is CCc1cc(N2CCN(C(C)C(=O)N3CCOCC3)CC2)nc(C)n1. The van der Waals surface area contributed by atoms with Gasteiger partial charge in [-0.25, -0.2) is 9.97 Å². The molecule has 25 heavy (non-hydrogen) atoms. The van der Waals surface area contributed by atoms with Crippen LogP contribution < -0.4 is 4.90 Å². The second-order valence-electron chi connectivity index (χ2n) is 6.75. The molecule has 7 nitrogen and oxygen atoms in total. The molecule has 0 radical (unpaired) electrons. The van der Waals surface area contributed by atoms with Gasteiger partial charge in [-0.2, -0.15) is 0 Å². The molecular weight excluding hydrogens is 318 g/mol. The molecule has 2 aliphatic rings. The summed E-state index contributed by atoms with van der Waals surface area (Å²) in [6, 6.07) is 2.02. The van der Waals surface area contributed by atoms with Gasteiger partial charge in [-0.15, -0.1) is 0 Å². The van der Waals surface area contributed by atoms with E-state index in [-0.39, 0.29) is 11.9 Å². The Morgan fingerprint density at radius 1 is 1.16 bits per heavy atom. The van der Waals surface area contributed by atoms with Gasteiger partial charge in [-0.3, -0.25) is 9.69 Å². The highest BCUT2D eigenvalue weighted by atomic mass is 16.5. The number of aryl methyl sites for hydroxylation is 2. The Balaban J connectivity index is 1.57. The molecule has 0 N–H and O–H groups in total. The Hall–Kier alpha value is -1.73. The Bertz CT molecular complexity index is 595. The maximum absolute atomic E-state index is 12.7. The van der Waals surface area contributed by atoms with Crippen LogP contribution in [0.25, 0.3) is 0 Å². The van der Waals surface area contributed by atoms with Gasteiger partial charge < -0.3 is 14.5 Å². The van der Waals surface area contributed by atoms with E-state index in [1.807, 2.05) is 18.7 Å². The zero-order valence-electron chi connectivity index (χ0n) is 15.6. The van der Waals surface area contributed by atoms with Gasteiger partial charge in [0.1, 0.15) is 11.6 Å². The quantitative estimate of drug-likeness (QED) is 0.800. The lowest BCUT2D eigenvalue weighted by atomic mass is 10.2. The normalized spacial score (nSPS) is 20.6. The van der Waals surface area contributed by atoms with E-state index < -0.39 is 0 Å². The molecule has 0 aromatic carbocycles. The van der Waals surface area contributed by atoms with Crippen LogP contribution in [0.5, 0.6) is 0 Å². The first-order valence-electron chi connectivity index (χ1n) is 9.28. The van der Waals surface area contributed by atoms with Crippen LogP contribution in [0.3, 0.4) is 0 Å². The van der Waals surface area contributed by atoms with E-state index in [4.69, 9.17) is 4.74 Å². The predicted octanol–water partition coefficient (Wildman–Crippen LogP) is 0.717. The van der Waals surface area contributed by atoms with Crippen molar-refractivity contribution in [2.45, 2.75) is 33.2 Å². The average Bonchev–Trinajstić information content (AvgIpc) is 2.67. The Morgan fingerprint density at radius 2 is 1.84 bits per heavy atom. The molecule has 1 aromatic heterocycles. The minimum Gasteiger partial charge on any atom is -0.378 e. The molecular formula is C18H29N5O2. The average molecular weight is 347 g/mol. The highest BCUT2D eigenvalue weighted by Gasteiger charge is 2.29. The van der Waals surface area contributed by atoms with Crippen molar-refractivity contribution >= 4 is 11.7 Å². The minimum atomic E-state index is -0.0708. The van der Waals surface area contributed by atoms with Crippen molar-refractivity contribution in [2.24, 2.45) is 0 Å². The van der Waals surface area contributed by atoms with E-state index in [1.54, 1.807) is 0 Å². The first-order chi connectivity index (χ1) is 12.1. The summed E-state index contributed by atoms with van der Waals surface area (Å²) in [5.74, 6) is 2.06. The van der Waals surface area contributed by atoms with Gasteiger partial charge in [-0.1, -0.05) is 6.92 Å². The molecule has 2 aliphatic heterocycles. The summed E-state index contributed by atoms with van der Waals surface area (Å²) in [7, 11) is 0. The van der Waals surface area contributed by atoms with Crippen molar-refractivity contribution < 1.29 is 9.53 Å². The molecule has 1 atom stereocenters. The van der Waals surface area contributed by atoms with Crippen molar-refractivity contribution in [2.75, 3.05) is 57.4 Å². The number of hydrogen-bond donors (Lipinski definition) is 0. The van der Waals surface area contributed by atoms with Gasteiger partial charge in [0, 0.05) is 51.0 Å². The molecule has 2 saturated heterocycles. The van der Waals surface area contributed by atoms with Crippen molar-refractivity contribution in [1.82, 2.24) is 19.8 Å². The number of morpholine rings is 1. The van der Waals surface area contributed by atoms with Gasteiger partial charge in [-0.05, 0) is 20.3 Å². The Kier molecular flexibility index (Phi) is 5.86. The van der Waals surface area contributed by atoms with Gasteiger partial charge in [0.05, 0.1) is 19.3 Å². The molecule has 1 aromatic rings. The second kappa shape index (κ2) is 8.10. The first-order valence-corrected chi connectivity index (χ1v) is 9.28. The van der Waals surface area contributed by atoms with Crippen LogP contribution >= 0.6 is 0 Å². The lowest BCUT2D eigenvalue weighted by molar-refractivity contribution is -0.140. The summed E-state index contributed by atoms with van der Waals surface area (Å²) in [6.07, 6.45) is 0.918. The maximum Gasteiger partial charge on any atom is 0.239 e. The molecule has 7 heteroatoms. The lowest BCUT2D eigenvalue weighted by Crippen LogP contribution is -2.56. The smallest absolute Gasteiger partial charge is 0.239 e. The molecule has 2 fully saturated rings. The van der Waals surface area contributed by atoms with E-state index in [2.05, 4.69) is 32.8 Å². The highest BCUT2D eigenvalue weighted by Crippen LogP contribution is 2.17. The third-order valence-corrected chi connectivity index (χ3v) is 5.11. The summed E-state index contributed by atoms with van der Waals surface area (Å²) in [5, 5.41) is 0. The molecule has 3 rings (SSSR count). The fourth-order valence-electron chi connectivity index (χ4n) is 3.50. The fourth-order valence-corrected chi connectivity index (χ4v) is 3.50. The van der Waals surface area contributed by atoms with Crippen LogP contribution in [0.2, 0.25) is 0 Å². The van der Waals surface area contributed by atoms with E-state index in [9.17, 15) is 4.79 Å². The maximum atomic E-state index is 12.7. The fraction of sp³-hybridized carbons (Fsp3) is 0.722. The van der Waals surface area contributed by atoms with Crippen LogP contribution in [0.4, 0.5) is 5.82 Å². The number of ether oxygens (including phenoxy) is 1. The molecule has 138 valence electrons. The molecule has 1 amide bonds. The number of aromatic nitrogens is 2. The van der Waals surface area contributed by atoms with Crippen LogP contribution in [0, 0.1) is 6.92 Å². The number of carbonyl (C=O) groups excluding carboxylic acids is 1. The molecule has 0 saturated carbocycles. The summed E-state index contributed by atoms with van der Waals surface area (Å²) >= 11 is 0. The van der Waals surface area contributed by atoms with Gasteiger partial charge in [0.2, 0.25) is 5.91 Å². The number of piperazine rings is 1. The van der Waals surface area contributed by atoms with Gasteiger partial charge in [0.25, 0.3) is 0 Å². The number of rotatable bonds is 4. The molecule has 0 aliphatic carbocycles. The standard InChI is InChI=1S/C18H29N5O2/c1-4-16-13-17(20-15(3)19-16)22-7-5-21(6-8-22)14(2)18(24)23-9-11-25-12-10-23/h13-14H,4-12H2,1-3H3. The molecule has 0 spiro atoms. The zero-order chi connectivity index (χ0) is 17.8. The predicted molar refractivity (Wildman–Crippen MR) is 96.8 cm³/mol. The monoisotopic (exact) mass is 347 g/mol. The van der Waals surface area contributed by atoms with E-state index in [1.165, 1.54) is 0 Å². The van der Waals surface area contributed by atoms with Crippen LogP contribution in [-0.2, 0) is 16.0 Å². The summed E-state index contributed by atoms with van der Waals surface area (Å²) < 4.78 is 5.34. The van der Waals surface area contributed by atoms with Crippen LogP contribution in [0.15, 0.2) is 6.07 Å². The van der Waals surface area contributed by atoms with Crippen molar-refractivity contribution in [3.63, 3.8) is 0 Å². The molecule has 3 heterocycles. The molecule has 1 unspecified atom stereocenters. The van der Waals surface area contributed by atoms with Crippen LogP contribution in [-0.4, -0.2) is 84.2 Å². The summed E-state index contributed by atoms with van der Waals surface area (Å²) in [4.78, 5) is 28.2. The zero-order valence-corrected chi connectivity index (χ0v) is 15.6. The number of carbonyl (C=O) groups is 1. The number of amides is 1. The highest BCUT2D eigenvalue weighted by molar-refractivity contribution is 5.81. The number of anilines is 1.